The summed E-state index contributed by atoms with van der Waals surface area (Å²) in [6.07, 6.45) is 0.294. The Labute approximate surface area is 234 Å². The first-order chi connectivity index (χ1) is 18.5. The summed E-state index contributed by atoms with van der Waals surface area (Å²) in [7, 11) is -4.21. The van der Waals surface area contributed by atoms with Crippen LogP contribution in [0.3, 0.4) is 0 Å². The van der Waals surface area contributed by atoms with Gasteiger partial charge in [0.1, 0.15) is 18.4 Å². The standard InChI is InChI=1S/C29H33ClFN3O4S/c1-4-27(29(36)32-18-21(2)3)33(19-22-10-8-9-13-26(22)30)28(35)20-34(24-16-14-23(31)15-17-24)39(37,38)25-11-6-5-7-12-25/h5-17,21,27H,4,18-20H2,1-3H3,(H,32,36)/t27-/m1/s1. The maximum absolute atomic E-state index is 14.0. The zero-order valence-corrected chi connectivity index (χ0v) is 23.8. The fourth-order valence-corrected chi connectivity index (χ4v) is 5.64. The number of sulfonamides is 1. The molecular formula is C29H33ClFN3O4S. The van der Waals surface area contributed by atoms with Gasteiger partial charge in [-0.2, -0.15) is 0 Å². The SMILES string of the molecule is CC[C@H](C(=O)NCC(C)C)N(Cc1ccccc1Cl)C(=O)CN(c1ccc(F)cc1)S(=O)(=O)c1ccccc1. The van der Waals surface area contributed by atoms with Gasteiger partial charge in [0.15, 0.2) is 0 Å². The van der Waals surface area contributed by atoms with Gasteiger partial charge in [-0.05, 0) is 60.4 Å². The van der Waals surface area contributed by atoms with E-state index in [0.29, 0.717) is 23.6 Å². The molecule has 1 atom stereocenters. The average molecular weight is 574 g/mol. The number of halogens is 2. The highest BCUT2D eigenvalue weighted by atomic mass is 35.5. The number of rotatable bonds is 12. The smallest absolute Gasteiger partial charge is 0.264 e. The Balaban J connectivity index is 2.04. The Bertz CT molecular complexity index is 1370. The van der Waals surface area contributed by atoms with E-state index in [0.717, 1.165) is 16.4 Å². The highest BCUT2D eigenvalue weighted by Crippen LogP contribution is 2.26. The number of amides is 2. The Hall–Kier alpha value is -3.43. The summed E-state index contributed by atoms with van der Waals surface area (Å²) in [5.74, 6) is -1.30. The van der Waals surface area contributed by atoms with Gasteiger partial charge in [-0.25, -0.2) is 12.8 Å². The van der Waals surface area contributed by atoms with Crippen LogP contribution < -0.4 is 9.62 Å². The van der Waals surface area contributed by atoms with Crippen molar-refractivity contribution >= 4 is 39.1 Å². The summed E-state index contributed by atoms with van der Waals surface area (Å²) in [5, 5.41) is 3.29. The van der Waals surface area contributed by atoms with Crippen LogP contribution in [0.25, 0.3) is 0 Å². The van der Waals surface area contributed by atoms with Gasteiger partial charge in [-0.15, -0.1) is 0 Å². The first-order valence-electron chi connectivity index (χ1n) is 12.7. The average Bonchev–Trinajstić information content (AvgIpc) is 2.92. The zero-order chi connectivity index (χ0) is 28.6. The van der Waals surface area contributed by atoms with Crippen LogP contribution in [0.4, 0.5) is 10.1 Å². The molecule has 0 bridgehead atoms. The number of carbonyl (C=O) groups is 2. The summed E-state index contributed by atoms with van der Waals surface area (Å²) in [5.41, 5.74) is 0.727. The van der Waals surface area contributed by atoms with Crippen LogP contribution in [0.1, 0.15) is 32.8 Å². The van der Waals surface area contributed by atoms with Crippen LogP contribution in [0.15, 0.2) is 83.8 Å². The van der Waals surface area contributed by atoms with E-state index in [-0.39, 0.29) is 29.0 Å². The largest absolute Gasteiger partial charge is 0.354 e. The molecule has 10 heteroatoms. The molecule has 208 valence electrons. The van der Waals surface area contributed by atoms with Crippen LogP contribution in [0, 0.1) is 11.7 Å². The van der Waals surface area contributed by atoms with Crippen LogP contribution >= 0.6 is 11.6 Å². The second-order valence-corrected chi connectivity index (χ2v) is 11.7. The van der Waals surface area contributed by atoms with E-state index in [9.17, 15) is 22.4 Å². The van der Waals surface area contributed by atoms with Crippen molar-refractivity contribution in [2.75, 3.05) is 17.4 Å². The van der Waals surface area contributed by atoms with Crippen molar-refractivity contribution in [1.82, 2.24) is 10.2 Å². The third-order valence-corrected chi connectivity index (χ3v) is 8.25. The lowest BCUT2D eigenvalue weighted by Gasteiger charge is -2.33. The molecule has 0 saturated carbocycles. The number of nitrogens with zero attached hydrogens (tertiary/aromatic N) is 2. The number of carbonyl (C=O) groups excluding carboxylic acids is 2. The van der Waals surface area contributed by atoms with Crippen LogP contribution in [-0.2, 0) is 26.2 Å². The molecule has 0 aliphatic heterocycles. The summed E-state index contributed by atoms with van der Waals surface area (Å²) < 4.78 is 42.0. The fraction of sp³-hybridized carbons (Fsp3) is 0.310. The third kappa shape index (κ3) is 7.80. The summed E-state index contributed by atoms with van der Waals surface area (Å²) in [4.78, 5) is 28.5. The molecule has 0 radical (unpaired) electrons. The molecule has 39 heavy (non-hydrogen) atoms. The quantitative estimate of drug-likeness (QED) is 0.320. The lowest BCUT2D eigenvalue weighted by Crippen LogP contribution is -2.52. The molecule has 0 aromatic heterocycles. The van der Waals surface area contributed by atoms with Gasteiger partial charge < -0.3 is 10.2 Å². The highest BCUT2D eigenvalue weighted by Gasteiger charge is 2.34. The number of hydrogen-bond donors (Lipinski definition) is 1. The van der Waals surface area contributed by atoms with Crippen molar-refractivity contribution in [2.24, 2.45) is 5.92 Å². The van der Waals surface area contributed by atoms with Gasteiger partial charge in [0.05, 0.1) is 10.6 Å². The minimum atomic E-state index is -4.21. The van der Waals surface area contributed by atoms with Crippen molar-refractivity contribution in [2.45, 2.75) is 44.7 Å². The van der Waals surface area contributed by atoms with E-state index in [1.54, 1.807) is 49.4 Å². The second kappa shape index (κ2) is 13.6. The lowest BCUT2D eigenvalue weighted by atomic mass is 10.1. The molecule has 0 saturated heterocycles. The molecule has 0 spiro atoms. The fourth-order valence-electron chi connectivity index (χ4n) is 4.01. The van der Waals surface area contributed by atoms with Gasteiger partial charge in [0.25, 0.3) is 10.0 Å². The summed E-state index contributed by atoms with van der Waals surface area (Å²) in [6.45, 7) is 5.51. The van der Waals surface area contributed by atoms with Crippen molar-refractivity contribution in [3.05, 3.63) is 95.3 Å². The van der Waals surface area contributed by atoms with E-state index in [1.165, 1.54) is 29.2 Å². The van der Waals surface area contributed by atoms with Crippen molar-refractivity contribution in [1.29, 1.82) is 0 Å². The third-order valence-electron chi connectivity index (χ3n) is 6.09. The number of nitrogens with one attached hydrogen (secondary N) is 1. The number of benzene rings is 3. The van der Waals surface area contributed by atoms with E-state index >= 15 is 0 Å². The molecule has 3 aromatic rings. The first-order valence-corrected chi connectivity index (χ1v) is 14.5. The molecular weight excluding hydrogens is 541 g/mol. The molecule has 3 aromatic carbocycles. The summed E-state index contributed by atoms with van der Waals surface area (Å²) >= 11 is 6.39. The van der Waals surface area contributed by atoms with E-state index in [1.807, 2.05) is 13.8 Å². The monoisotopic (exact) mass is 573 g/mol. The molecule has 2 amide bonds. The van der Waals surface area contributed by atoms with Crippen LogP contribution in [0.5, 0.6) is 0 Å². The first kappa shape index (κ1) is 30.1. The molecule has 1 N–H and O–H groups in total. The maximum atomic E-state index is 14.0. The predicted octanol–water partition coefficient (Wildman–Crippen LogP) is 5.25. The van der Waals surface area contributed by atoms with E-state index < -0.39 is 34.3 Å². The van der Waals surface area contributed by atoms with Crippen LogP contribution in [-0.4, -0.2) is 44.3 Å². The van der Waals surface area contributed by atoms with Crippen molar-refractivity contribution < 1.29 is 22.4 Å². The minimum Gasteiger partial charge on any atom is -0.354 e. The molecule has 3 rings (SSSR count). The molecule has 0 heterocycles. The van der Waals surface area contributed by atoms with Gasteiger partial charge in [0, 0.05) is 18.1 Å². The molecule has 0 aliphatic rings. The molecule has 0 unspecified atom stereocenters. The number of hydrogen-bond acceptors (Lipinski definition) is 4. The Morgan fingerprint density at radius 3 is 2.15 bits per heavy atom. The molecule has 7 nitrogen and oxygen atoms in total. The van der Waals surface area contributed by atoms with Gasteiger partial charge in [0.2, 0.25) is 11.8 Å². The maximum Gasteiger partial charge on any atom is 0.264 e. The normalized spacial score (nSPS) is 12.2. The number of anilines is 1. The van der Waals surface area contributed by atoms with Gasteiger partial charge >= 0.3 is 0 Å². The minimum absolute atomic E-state index is 0.00520. The van der Waals surface area contributed by atoms with Gasteiger partial charge in [-0.3, -0.25) is 13.9 Å². The van der Waals surface area contributed by atoms with Gasteiger partial charge in [-0.1, -0.05) is 68.8 Å². The predicted molar refractivity (Wildman–Crippen MR) is 151 cm³/mol. The topological polar surface area (TPSA) is 86.8 Å². The van der Waals surface area contributed by atoms with E-state index in [4.69, 9.17) is 11.6 Å². The Morgan fingerprint density at radius 2 is 1.56 bits per heavy atom. The Morgan fingerprint density at radius 1 is 0.949 bits per heavy atom. The Kier molecular flexibility index (Phi) is 10.5. The van der Waals surface area contributed by atoms with Crippen molar-refractivity contribution in [3.63, 3.8) is 0 Å². The second-order valence-electron chi connectivity index (χ2n) is 9.48. The zero-order valence-electron chi connectivity index (χ0n) is 22.2. The lowest BCUT2D eigenvalue weighted by molar-refractivity contribution is -0.140. The molecule has 0 fully saturated rings. The van der Waals surface area contributed by atoms with Crippen LogP contribution in [0.2, 0.25) is 5.02 Å². The highest BCUT2D eigenvalue weighted by molar-refractivity contribution is 7.92. The summed E-state index contributed by atoms with van der Waals surface area (Å²) in [6, 6.07) is 18.6. The molecule has 0 aliphatic carbocycles. The van der Waals surface area contributed by atoms with E-state index in [2.05, 4.69) is 5.32 Å². The van der Waals surface area contributed by atoms with Crippen molar-refractivity contribution in [3.8, 4) is 0 Å².